The number of rotatable bonds is 8. The predicted octanol–water partition coefficient (Wildman–Crippen LogP) is -0.629. The molecule has 0 aliphatic heterocycles. The summed E-state index contributed by atoms with van der Waals surface area (Å²) in [7, 11) is 3.99. The van der Waals surface area contributed by atoms with Crippen molar-refractivity contribution in [3.05, 3.63) is 12.7 Å². The van der Waals surface area contributed by atoms with E-state index < -0.39 is 29.9 Å². The van der Waals surface area contributed by atoms with Crippen LogP contribution in [0.4, 0.5) is 0 Å². The van der Waals surface area contributed by atoms with Crippen LogP contribution < -0.4 is 10.6 Å². The largest absolute Gasteiger partial charge is 0.469 e. The minimum atomic E-state index is -1.06. The van der Waals surface area contributed by atoms with Crippen molar-refractivity contribution in [3.63, 3.8) is 0 Å². The van der Waals surface area contributed by atoms with Crippen LogP contribution in [0.2, 0.25) is 0 Å². The molecule has 2 atom stereocenters. The van der Waals surface area contributed by atoms with Crippen LogP contribution in [-0.2, 0) is 23.9 Å². The average molecular weight is 272 g/mol. The first kappa shape index (κ1) is 17.1. The Kier molecular flexibility index (Phi) is 8.19. The van der Waals surface area contributed by atoms with Crippen molar-refractivity contribution in [2.24, 2.45) is 0 Å². The molecule has 0 spiro atoms. The summed E-state index contributed by atoms with van der Waals surface area (Å²) in [4.78, 5) is 34.5. The molecule has 0 aromatic carbocycles. The van der Waals surface area contributed by atoms with Crippen molar-refractivity contribution in [1.29, 1.82) is 0 Å². The van der Waals surface area contributed by atoms with Gasteiger partial charge < -0.3 is 20.1 Å². The zero-order valence-corrected chi connectivity index (χ0v) is 11.4. The summed E-state index contributed by atoms with van der Waals surface area (Å²) in [5.41, 5.74) is 0. The average Bonchev–Trinajstić information content (AvgIpc) is 2.42. The molecular formula is C12H20N2O5. The van der Waals surface area contributed by atoms with Gasteiger partial charge >= 0.3 is 11.9 Å². The van der Waals surface area contributed by atoms with Crippen LogP contribution in [0.5, 0.6) is 0 Å². The number of hydrogen-bond acceptors (Lipinski definition) is 6. The molecule has 2 N–H and O–H groups in total. The Morgan fingerprint density at radius 2 is 1.84 bits per heavy atom. The number of methoxy groups -OCH3 is 2. The van der Waals surface area contributed by atoms with E-state index in [1.165, 1.54) is 14.2 Å². The summed E-state index contributed by atoms with van der Waals surface area (Å²) in [6.07, 6.45) is 1.70. The van der Waals surface area contributed by atoms with Crippen molar-refractivity contribution in [1.82, 2.24) is 10.6 Å². The van der Waals surface area contributed by atoms with E-state index in [9.17, 15) is 14.4 Å². The Morgan fingerprint density at radius 3 is 2.26 bits per heavy atom. The number of likely N-dealkylation sites (N-methyl/N-ethyl adjacent to an activating group) is 1. The molecule has 7 nitrogen and oxygen atoms in total. The molecule has 0 heterocycles. The molecule has 0 saturated carbocycles. The van der Waals surface area contributed by atoms with Gasteiger partial charge in [-0.25, -0.2) is 4.79 Å². The highest BCUT2D eigenvalue weighted by Gasteiger charge is 2.27. The molecule has 0 aliphatic rings. The van der Waals surface area contributed by atoms with Crippen LogP contribution in [0.3, 0.4) is 0 Å². The Labute approximate surface area is 112 Å². The highest BCUT2D eigenvalue weighted by atomic mass is 16.5. The maximum atomic E-state index is 11.9. The third-order valence-electron chi connectivity index (χ3n) is 2.47. The lowest BCUT2D eigenvalue weighted by Crippen LogP contribution is -2.50. The highest BCUT2D eigenvalue weighted by molar-refractivity contribution is 5.90. The van der Waals surface area contributed by atoms with Gasteiger partial charge in [0.05, 0.1) is 26.7 Å². The third-order valence-corrected chi connectivity index (χ3v) is 2.47. The van der Waals surface area contributed by atoms with Gasteiger partial charge in [0.25, 0.3) is 0 Å². The monoisotopic (exact) mass is 272 g/mol. The van der Waals surface area contributed by atoms with Gasteiger partial charge in [0.2, 0.25) is 5.91 Å². The molecule has 0 rings (SSSR count). The van der Waals surface area contributed by atoms with Crippen LogP contribution in [0.25, 0.3) is 0 Å². The second kappa shape index (κ2) is 9.09. The number of carbonyl (C=O) groups is 3. The summed E-state index contributed by atoms with van der Waals surface area (Å²) in [5.74, 6) is -1.73. The SMILES string of the molecule is C=CCC(NC)C(=O)NC(CC(=O)OC)C(=O)OC. The summed E-state index contributed by atoms with van der Waals surface area (Å²) >= 11 is 0. The number of nitrogens with one attached hydrogen (secondary N) is 2. The summed E-state index contributed by atoms with van der Waals surface area (Å²) in [6.45, 7) is 3.54. The minimum absolute atomic E-state index is 0.278. The van der Waals surface area contributed by atoms with Crippen molar-refractivity contribution < 1.29 is 23.9 Å². The number of esters is 2. The van der Waals surface area contributed by atoms with Gasteiger partial charge in [0, 0.05) is 0 Å². The van der Waals surface area contributed by atoms with Crippen LogP contribution in [-0.4, -0.2) is 51.2 Å². The lowest BCUT2D eigenvalue weighted by molar-refractivity contribution is -0.150. The molecule has 19 heavy (non-hydrogen) atoms. The van der Waals surface area contributed by atoms with E-state index in [-0.39, 0.29) is 6.42 Å². The second-order valence-electron chi connectivity index (χ2n) is 3.73. The third kappa shape index (κ3) is 6.01. The smallest absolute Gasteiger partial charge is 0.328 e. The van der Waals surface area contributed by atoms with Crippen LogP contribution in [0.15, 0.2) is 12.7 Å². The van der Waals surface area contributed by atoms with Crippen molar-refractivity contribution >= 4 is 17.8 Å². The van der Waals surface area contributed by atoms with Crippen LogP contribution in [0, 0.1) is 0 Å². The molecule has 0 radical (unpaired) electrons. The van der Waals surface area contributed by atoms with Gasteiger partial charge in [-0.15, -0.1) is 6.58 Å². The quantitative estimate of drug-likeness (QED) is 0.451. The minimum Gasteiger partial charge on any atom is -0.469 e. The zero-order valence-electron chi connectivity index (χ0n) is 11.4. The molecule has 0 saturated heterocycles. The topological polar surface area (TPSA) is 93.7 Å². The molecule has 7 heteroatoms. The van der Waals surface area contributed by atoms with E-state index in [1.54, 1.807) is 13.1 Å². The van der Waals surface area contributed by atoms with E-state index in [0.29, 0.717) is 6.42 Å². The Balaban J connectivity index is 4.70. The lowest BCUT2D eigenvalue weighted by Gasteiger charge is -2.19. The van der Waals surface area contributed by atoms with E-state index in [1.807, 2.05) is 0 Å². The second-order valence-corrected chi connectivity index (χ2v) is 3.73. The number of ether oxygens (including phenoxy) is 2. The number of carbonyl (C=O) groups excluding carboxylic acids is 3. The van der Waals surface area contributed by atoms with Crippen LogP contribution in [0.1, 0.15) is 12.8 Å². The van der Waals surface area contributed by atoms with E-state index >= 15 is 0 Å². The highest BCUT2D eigenvalue weighted by Crippen LogP contribution is 2.00. The first-order chi connectivity index (χ1) is 8.99. The van der Waals surface area contributed by atoms with Crippen LogP contribution >= 0.6 is 0 Å². The molecule has 2 unspecified atom stereocenters. The number of hydrogen-bond donors (Lipinski definition) is 2. The number of amides is 1. The molecule has 0 bridgehead atoms. The Morgan fingerprint density at radius 1 is 1.21 bits per heavy atom. The van der Waals surface area contributed by atoms with Gasteiger partial charge in [-0.05, 0) is 13.5 Å². The van der Waals surface area contributed by atoms with E-state index in [0.717, 1.165) is 0 Å². The van der Waals surface area contributed by atoms with Gasteiger partial charge in [0.15, 0.2) is 0 Å². The van der Waals surface area contributed by atoms with Gasteiger partial charge in [0.1, 0.15) is 6.04 Å². The predicted molar refractivity (Wildman–Crippen MR) is 68.2 cm³/mol. The fourth-order valence-corrected chi connectivity index (χ4v) is 1.38. The molecule has 0 aromatic heterocycles. The fraction of sp³-hybridized carbons (Fsp3) is 0.583. The van der Waals surface area contributed by atoms with Crippen molar-refractivity contribution in [3.8, 4) is 0 Å². The summed E-state index contributed by atoms with van der Waals surface area (Å²) in [6, 6.07) is -1.59. The zero-order chi connectivity index (χ0) is 14.8. The molecule has 108 valence electrons. The van der Waals surface area contributed by atoms with Crippen molar-refractivity contribution in [2.45, 2.75) is 24.9 Å². The Bertz CT molecular complexity index is 343. The van der Waals surface area contributed by atoms with E-state index in [2.05, 4.69) is 26.7 Å². The molecular weight excluding hydrogens is 252 g/mol. The molecule has 0 fully saturated rings. The normalized spacial score (nSPS) is 13.0. The van der Waals surface area contributed by atoms with Gasteiger partial charge in [-0.1, -0.05) is 6.08 Å². The molecule has 0 aromatic rings. The molecule has 0 aliphatic carbocycles. The first-order valence-corrected chi connectivity index (χ1v) is 5.73. The van der Waals surface area contributed by atoms with Gasteiger partial charge in [-0.2, -0.15) is 0 Å². The van der Waals surface area contributed by atoms with Crippen molar-refractivity contribution in [2.75, 3.05) is 21.3 Å². The Hall–Kier alpha value is -1.89. The first-order valence-electron chi connectivity index (χ1n) is 5.73. The standard InChI is InChI=1S/C12H20N2O5/c1-5-6-8(13-2)11(16)14-9(12(17)19-4)7-10(15)18-3/h5,8-9,13H,1,6-7H2,2-4H3,(H,14,16). The van der Waals surface area contributed by atoms with Gasteiger partial charge in [-0.3, -0.25) is 9.59 Å². The maximum absolute atomic E-state index is 11.9. The maximum Gasteiger partial charge on any atom is 0.328 e. The lowest BCUT2D eigenvalue weighted by atomic mass is 10.1. The van der Waals surface area contributed by atoms with E-state index in [4.69, 9.17) is 0 Å². The summed E-state index contributed by atoms with van der Waals surface area (Å²) < 4.78 is 8.99. The fourth-order valence-electron chi connectivity index (χ4n) is 1.38. The summed E-state index contributed by atoms with van der Waals surface area (Å²) in [5, 5.41) is 5.22. The molecule has 1 amide bonds.